The summed E-state index contributed by atoms with van der Waals surface area (Å²) in [5.41, 5.74) is 0.815. The van der Waals surface area contributed by atoms with Crippen LogP contribution in [0.4, 0.5) is 0 Å². The zero-order chi connectivity index (χ0) is 17.8. The molecule has 2 aromatic heterocycles. The third-order valence-corrected chi connectivity index (χ3v) is 4.99. The van der Waals surface area contributed by atoms with Crippen LogP contribution in [-0.2, 0) is 22.7 Å². The van der Waals surface area contributed by atoms with Crippen LogP contribution in [0.25, 0.3) is 0 Å². The number of aromatic nitrogens is 2. The second kappa shape index (κ2) is 7.75. The molecule has 1 aliphatic rings. The van der Waals surface area contributed by atoms with E-state index in [9.17, 15) is 9.59 Å². The first-order valence-corrected chi connectivity index (χ1v) is 8.92. The van der Waals surface area contributed by atoms with E-state index in [1.807, 2.05) is 30.9 Å². The minimum absolute atomic E-state index is 0.108. The van der Waals surface area contributed by atoms with Crippen molar-refractivity contribution in [3.8, 4) is 0 Å². The fourth-order valence-electron chi connectivity index (χ4n) is 2.78. The third kappa shape index (κ3) is 4.43. The lowest BCUT2D eigenvalue weighted by atomic mass is 10.1. The number of furan rings is 1. The van der Waals surface area contributed by atoms with Crippen LogP contribution in [0.3, 0.4) is 0 Å². The van der Waals surface area contributed by atoms with Gasteiger partial charge in [-0.1, -0.05) is 4.49 Å². The Hall–Kier alpha value is -2.26. The summed E-state index contributed by atoms with van der Waals surface area (Å²) in [5.74, 6) is 1.33. The van der Waals surface area contributed by atoms with Crippen molar-refractivity contribution in [3.63, 3.8) is 0 Å². The molecular weight excluding hydrogens is 342 g/mol. The van der Waals surface area contributed by atoms with E-state index in [0.29, 0.717) is 26.2 Å². The maximum Gasteiger partial charge on any atom is 0.237 e. The first-order chi connectivity index (χ1) is 12.0. The van der Waals surface area contributed by atoms with Gasteiger partial charge in [-0.3, -0.25) is 14.5 Å². The Morgan fingerprint density at radius 3 is 3.00 bits per heavy atom. The number of carbonyl (C=O) groups excluding carboxylic acids is 2. The summed E-state index contributed by atoms with van der Waals surface area (Å²) in [6.07, 6.45) is 0.108. The normalized spacial score (nSPS) is 18.2. The molecule has 3 rings (SSSR count). The van der Waals surface area contributed by atoms with Crippen molar-refractivity contribution >= 4 is 23.3 Å². The molecule has 2 N–H and O–H groups in total. The fourth-order valence-corrected chi connectivity index (χ4v) is 3.35. The highest BCUT2D eigenvalue weighted by Crippen LogP contribution is 2.16. The zero-order valence-electron chi connectivity index (χ0n) is 14.2. The maximum atomic E-state index is 12.3. The molecule has 8 nitrogen and oxygen atoms in total. The van der Waals surface area contributed by atoms with Crippen LogP contribution in [0.1, 0.15) is 28.5 Å². The van der Waals surface area contributed by atoms with Crippen molar-refractivity contribution in [1.82, 2.24) is 25.1 Å². The number of hydrogen-bond acceptors (Lipinski definition) is 7. The van der Waals surface area contributed by atoms with Gasteiger partial charge in [0.15, 0.2) is 0 Å². The van der Waals surface area contributed by atoms with Gasteiger partial charge >= 0.3 is 0 Å². The molecule has 0 saturated carbocycles. The molecule has 1 fully saturated rings. The van der Waals surface area contributed by atoms with E-state index in [4.69, 9.17) is 4.42 Å². The van der Waals surface area contributed by atoms with Gasteiger partial charge in [0.25, 0.3) is 0 Å². The van der Waals surface area contributed by atoms with Crippen LogP contribution in [-0.4, -0.2) is 45.4 Å². The van der Waals surface area contributed by atoms with Gasteiger partial charge in [-0.15, -0.1) is 5.10 Å². The number of amides is 2. The SMILES string of the molecule is Cc1ccc(CN2CCNC(=O)[C@H]2CC(=O)NCc2snnc2C)o1. The van der Waals surface area contributed by atoms with Gasteiger partial charge in [0.2, 0.25) is 11.8 Å². The van der Waals surface area contributed by atoms with Crippen LogP contribution in [0.2, 0.25) is 0 Å². The first-order valence-electron chi connectivity index (χ1n) is 8.14. The van der Waals surface area contributed by atoms with Crippen LogP contribution >= 0.6 is 11.5 Å². The molecule has 3 heterocycles. The average Bonchev–Trinajstić information content (AvgIpc) is 3.17. The molecule has 0 radical (unpaired) electrons. The summed E-state index contributed by atoms with van der Waals surface area (Å²) >= 11 is 1.26. The molecule has 0 aromatic carbocycles. The van der Waals surface area contributed by atoms with Gasteiger partial charge < -0.3 is 15.1 Å². The van der Waals surface area contributed by atoms with Crippen molar-refractivity contribution in [2.75, 3.05) is 13.1 Å². The average molecular weight is 363 g/mol. The summed E-state index contributed by atoms with van der Waals surface area (Å²) in [6, 6.07) is 3.30. The number of nitrogens with zero attached hydrogens (tertiary/aromatic N) is 3. The molecule has 0 unspecified atom stereocenters. The van der Waals surface area contributed by atoms with E-state index in [1.165, 1.54) is 11.5 Å². The summed E-state index contributed by atoms with van der Waals surface area (Å²) in [7, 11) is 0. The predicted molar refractivity (Wildman–Crippen MR) is 91.8 cm³/mol. The Morgan fingerprint density at radius 1 is 1.48 bits per heavy atom. The van der Waals surface area contributed by atoms with E-state index in [0.717, 1.165) is 22.1 Å². The largest absolute Gasteiger partial charge is 0.465 e. The molecule has 0 bridgehead atoms. The summed E-state index contributed by atoms with van der Waals surface area (Å²) in [4.78, 5) is 27.4. The standard InChI is InChI=1S/C16H21N5O3S/c1-10-3-4-12(24-10)9-21-6-5-17-16(23)13(21)7-15(22)18-8-14-11(2)19-20-25-14/h3-4,13H,5-9H2,1-2H3,(H,17,23)(H,18,22)/t13-/m1/s1. The van der Waals surface area contributed by atoms with Gasteiger partial charge in [-0.25, -0.2) is 0 Å². The quantitative estimate of drug-likeness (QED) is 0.786. The van der Waals surface area contributed by atoms with Gasteiger partial charge in [0.05, 0.1) is 36.1 Å². The van der Waals surface area contributed by atoms with Gasteiger partial charge in [0, 0.05) is 13.1 Å². The van der Waals surface area contributed by atoms with Gasteiger partial charge in [0.1, 0.15) is 11.5 Å². The third-order valence-electron chi connectivity index (χ3n) is 4.17. The van der Waals surface area contributed by atoms with Gasteiger partial charge in [-0.05, 0) is 37.5 Å². The highest BCUT2D eigenvalue weighted by atomic mass is 32.1. The maximum absolute atomic E-state index is 12.3. The second-order valence-electron chi connectivity index (χ2n) is 6.05. The van der Waals surface area contributed by atoms with E-state index in [2.05, 4.69) is 20.2 Å². The predicted octanol–water partition coefficient (Wildman–Crippen LogP) is 0.755. The zero-order valence-corrected chi connectivity index (χ0v) is 15.1. The van der Waals surface area contributed by atoms with Crippen molar-refractivity contribution in [1.29, 1.82) is 0 Å². The molecular formula is C16H21N5O3S. The summed E-state index contributed by atoms with van der Waals surface area (Å²) < 4.78 is 9.44. The molecule has 25 heavy (non-hydrogen) atoms. The number of carbonyl (C=O) groups is 2. The van der Waals surface area contributed by atoms with Gasteiger partial charge in [-0.2, -0.15) is 0 Å². The fraction of sp³-hybridized carbons (Fsp3) is 0.500. The van der Waals surface area contributed by atoms with Crippen LogP contribution in [0, 0.1) is 13.8 Å². The molecule has 0 spiro atoms. The molecule has 2 aromatic rings. The highest BCUT2D eigenvalue weighted by molar-refractivity contribution is 7.05. The Kier molecular flexibility index (Phi) is 5.44. The molecule has 0 aliphatic carbocycles. The minimum Gasteiger partial charge on any atom is -0.465 e. The number of rotatable bonds is 6. The first kappa shape index (κ1) is 17.6. The van der Waals surface area contributed by atoms with Crippen molar-refractivity contribution in [2.45, 2.75) is 39.4 Å². The number of nitrogens with one attached hydrogen (secondary N) is 2. The lowest BCUT2D eigenvalue weighted by Crippen LogP contribution is -2.56. The van der Waals surface area contributed by atoms with Crippen molar-refractivity contribution < 1.29 is 14.0 Å². The molecule has 2 amide bonds. The molecule has 1 atom stereocenters. The smallest absolute Gasteiger partial charge is 0.237 e. The van der Waals surface area contributed by atoms with E-state index in [1.54, 1.807) is 0 Å². The van der Waals surface area contributed by atoms with Crippen LogP contribution < -0.4 is 10.6 Å². The number of hydrogen-bond donors (Lipinski definition) is 2. The number of aryl methyl sites for hydroxylation is 2. The van der Waals surface area contributed by atoms with Crippen molar-refractivity contribution in [3.05, 3.63) is 34.2 Å². The second-order valence-corrected chi connectivity index (χ2v) is 6.89. The van der Waals surface area contributed by atoms with E-state index < -0.39 is 6.04 Å². The Labute approximate surface area is 149 Å². The Balaban J connectivity index is 1.59. The monoisotopic (exact) mass is 363 g/mol. The molecule has 9 heteroatoms. The Bertz CT molecular complexity index is 757. The summed E-state index contributed by atoms with van der Waals surface area (Å²) in [5, 5.41) is 9.59. The van der Waals surface area contributed by atoms with Crippen molar-refractivity contribution in [2.24, 2.45) is 0 Å². The highest BCUT2D eigenvalue weighted by Gasteiger charge is 2.32. The lowest BCUT2D eigenvalue weighted by Gasteiger charge is -2.34. The summed E-state index contributed by atoms with van der Waals surface area (Å²) in [6.45, 7) is 5.88. The van der Waals surface area contributed by atoms with E-state index in [-0.39, 0.29) is 18.2 Å². The lowest BCUT2D eigenvalue weighted by molar-refractivity contribution is -0.134. The Morgan fingerprint density at radius 2 is 2.32 bits per heavy atom. The van der Waals surface area contributed by atoms with Crippen LogP contribution in [0.5, 0.6) is 0 Å². The molecule has 1 aliphatic heterocycles. The molecule has 134 valence electrons. The minimum atomic E-state index is -0.500. The van der Waals surface area contributed by atoms with Crippen LogP contribution in [0.15, 0.2) is 16.5 Å². The van der Waals surface area contributed by atoms with E-state index >= 15 is 0 Å². The number of piperazine rings is 1. The topological polar surface area (TPSA) is 100 Å². The molecule has 1 saturated heterocycles.